The summed E-state index contributed by atoms with van der Waals surface area (Å²) in [6, 6.07) is 13.3. The van der Waals surface area contributed by atoms with Crippen LogP contribution in [0.2, 0.25) is 0 Å². The Morgan fingerprint density at radius 2 is 1.97 bits per heavy atom. The van der Waals surface area contributed by atoms with Gasteiger partial charge in [-0.2, -0.15) is 0 Å². The second-order valence-corrected chi connectivity index (χ2v) is 8.34. The van der Waals surface area contributed by atoms with Gasteiger partial charge in [0.15, 0.2) is 11.5 Å². The van der Waals surface area contributed by atoms with Crippen LogP contribution in [0.25, 0.3) is 0 Å². The molecule has 2 heterocycles. The first-order valence-corrected chi connectivity index (χ1v) is 10.7. The summed E-state index contributed by atoms with van der Waals surface area (Å²) in [6.07, 6.45) is 1.13. The molecule has 0 saturated heterocycles. The molecule has 0 aliphatic carbocycles. The molecule has 0 unspecified atom stereocenters. The van der Waals surface area contributed by atoms with E-state index in [1.54, 1.807) is 4.90 Å². The Balaban J connectivity index is 1.20. The van der Waals surface area contributed by atoms with Crippen LogP contribution in [-0.2, 0) is 16.0 Å². The minimum Gasteiger partial charge on any atom is -0.490 e. The summed E-state index contributed by atoms with van der Waals surface area (Å²) in [4.78, 5) is 26.5. The van der Waals surface area contributed by atoms with Crippen LogP contribution in [0.5, 0.6) is 17.2 Å². The third-order valence-corrected chi connectivity index (χ3v) is 5.33. The van der Waals surface area contributed by atoms with E-state index in [-0.39, 0.29) is 30.3 Å². The van der Waals surface area contributed by atoms with E-state index in [1.807, 2.05) is 56.3 Å². The van der Waals surface area contributed by atoms with E-state index in [1.165, 1.54) is 0 Å². The molecule has 2 aliphatic heterocycles. The molecular weight excluding hydrogens is 396 g/mol. The summed E-state index contributed by atoms with van der Waals surface area (Å²) in [5.74, 6) is 1.92. The molecule has 0 aromatic heterocycles. The van der Waals surface area contributed by atoms with Crippen molar-refractivity contribution < 1.29 is 23.8 Å². The quantitative estimate of drug-likeness (QED) is 0.691. The highest BCUT2D eigenvalue weighted by Crippen LogP contribution is 2.41. The minimum atomic E-state index is -0.233. The van der Waals surface area contributed by atoms with Crippen molar-refractivity contribution in [2.24, 2.45) is 0 Å². The monoisotopic (exact) mass is 424 g/mol. The van der Waals surface area contributed by atoms with Crippen molar-refractivity contribution in [3.63, 3.8) is 0 Å². The van der Waals surface area contributed by atoms with Crippen LogP contribution in [0.15, 0.2) is 42.5 Å². The number of carbonyl (C=O) groups excluding carboxylic acids is 2. The van der Waals surface area contributed by atoms with Crippen LogP contribution in [0, 0.1) is 0 Å². The van der Waals surface area contributed by atoms with E-state index in [9.17, 15) is 9.59 Å². The van der Waals surface area contributed by atoms with Gasteiger partial charge in [-0.05, 0) is 32.0 Å². The smallest absolute Gasteiger partial charge is 0.227 e. The fraction of sp³-hybridized carbons (Fsp3) is 0.417. The Kier molecular flexibility index (Phi) is 6.02. The number of ether oxygens (including phenoxy) is 3. The number of amides is 2. The van der Waals surface area contributed by atoms with Gasteiger partial charge in [0.1, 0.15) is 24.6 Å². The van der Waals surface area contributed by atoms with Gasteiger partial charge >= 0.3 is 0 Å². The SMILES string of the molecule is CC1(C)Cc2cccc(OCCNC(=O)CCC(=O)N3CCOc4ccccc43)c2O1. The average molecular weight is 424 g/mol. The highest BCUT2D eigenvalue weighted by Gasteiger charge is 2.32. The molecule has 31 heavy (non-hydrogen) atoms. The molecule has 2 aromatic carbocycles. The second-order valence-electron chi connectivity index (χ2n) is 8.34. The number of fused-ring (bicyclic) bond motifs is 2. The van der Waals surface area contributed by atoms with Crippen molar-refractivity contribution in [1.82, 2.24) is 5.32 Å². The summed E-state index contributed by atoms with van der Waals surface area (Å²) < 4.78 is 17.4. The van der Waals surface area contributed by atoms with E-state index >= 15 is 0 Å². The van der Waals surface area contributed by atoms with Crippen LogP contribution in [0.1, 0.15) is 32.3 Å². The fourth-order valence-electron chi connectivity index (χ4n) is 3.92. The molecule has 1 N–H and O–H groups in total. The molecule has 0 spiro atoms. The van der Waals surface area contributed by atoms with Crippen molar-refractivity contribution in [3.05, 3.63) is 48.0 Å². The lowest BCUT2D eigenvalue weighted by Crippen LogP contribution is -2.38. The summed E-state index contributed by atoms with van der Waals surface area (Å²) >= 11 is 0. The molecule has 2 aromatic rings. The van der Waals surface area contributed by atoms with E-state index < -0.39 is 0 Å². The highest BCUT2D eigenvalue weighted by atomic mass is 16.5. The van der Waals surface area contributed by atoms with E-state index in [0.29, 0.717) is 37.8 Å². The summed E-state index contributed by atoms with van der Waals surface area (Å²) in [5, 5.41) is 2.81. The van der Waals surface area contributed by atoms with Gasteiger partial charge in [0.25, 0.3) is 0 Å². The average Bonchev–Trinajstić information content (AvgIpc) is 3.09. The number of benzene rings is 2. The number of hydrogen-bond donors (Lipinski definition) is 1. The first-order valence-electron chi connectivity index (χ1n) is 10.7. The molecule has 0 fully saturated rings. The van der Waals surface area contributed by atoms with Crippen LogP contribution < -0.4 is 24.4 Å². The Morgan fingerprint density at radius 1 is 1.13 bits per heavy atom. The zero-order valence-corrected chi connectivity index (χ0v) is 18.0. The Hall–Kier alpha value is -3.22. The van der Waals surface area contributed by atoms with Gasteiger partial charge in [0.05, 0.1) is 18.8 Å². The first-order chi connectivity index (χ1) is 14.9. The van der Waals surface area contributed by atoms with Crippen molar-refractivity contribution in [3.8, 4) is 17.2 Å². The van der Waals surface area contributed by atoms with Gasteiger partial charge in [-0.1, -0.05) is 24.3 Å². The van der Waals surface area contributed by atoms with Gasteiger partial charge < -0.3 is 24.4 Å². The maximum Gasteiger partial charge on any atom is 0.227 e. The first kappa shape index (κ1) is 21.0. The maximum absolute atomic E-state index is 12.6. The number of nitrogens with one attached hydrogen (secondary N) is 1. The van der Waals surface area contributed by atoms with Crippen molar-refractivity contribution in [2.75, 3.05) is 31.2 Å². The molecular formula is C24H28N2O5. The zero-order chi connectivity index (χ0) is 21.8. The Bertz CT molecular complexity index is 972. The van der Waals surface area contributed by atoms with Gasteiger partial charge in [0.2, 0.25) is 11.8 Å². The molecule has 4 rings (SSSR count). The standard InChI is InChI=1S/C24H28N2O5/c1-24(2)16-17-6-5-9-20(23(17)31-24)29-14-12-25-21(27)10-11-22(28)26-13-15-30-19-8-4-3-7-18(19)26/h3-9H,10-16H2,1-2H3,(H,25,27). The summed E-state index contributed by atoms with van der Waals surface area (Å²) in [5.41, 5.74) is 1.66. The van der Waals surface area contributed by atoms with Crippen LogP contribution in [0.4, 0.5) is 5.69 Å². The van der Waals surface area contributed by atoms with E-state index in [4.69, 9.17) is 14.2 Å². The van der Waals surface area contributed by atoms with Crippen LogP contribution >= 0.6 is 0 Å². The molecule has 0 bridgehead atoms. The Morgan fingerprint density at radius 3 is 2.84 bits per heavy atom. The lowest BCUT2D eigenvalue weighted by molar-refractivity contribution is -0.125. The minimum absolute atomic E-state index is 0.0817. The second kappa shape index (κ2) is 8.88. The van der Waals surface area contributed by atoms with Crippen molar-refractivity contribution in [2.45, 2.75) is 38.7 Å². The molecule has 7 nitrogen and oxygen atoms in total. The number of para-hydroxylation sites is 3. The number of hydrogen-bond acceptors (Lipinski definition) is 5. The normalized spacial score (nSPS) is 15.9. The third kappa shape index (κ3) is 4.93. The van der Waals surface area contributed by atoms with Crippen molar-refractivity contribution in [1.29, 1.82) is 0 Å². The predicted molar refractivity (Wildman–Crippen MR) is 117 cm³/mol. The van der Waals surface area contributed by atoms with Gasteiger partial charge in [-0.15, -0.1) is 0 Å². The third-order valence-electron chi connectivity index (χ3n) is 5.33. The Labute approximate surface area is 182 Å². The van der Waals surface area contributed by atoms with Gasteiger partial charge in [-0.25, -0.2) is 0 Å². The zero-order valence-electron chi connectivity index (χ0n) is 18.0. The lowest BCUT2D eigenvalue weighted by atomic mass is 10.0. The highest BCUT2D eigenvalue weighted by molar-refractivity contribution is 5.97. The summed E-state index contributed by atoms with van der Waals surface area (Å²) in [6.45, 7) is 5.74. The number of nitrogens with zero attached hydrogens (tertiary/aromatic N) is 1. The number of carbonyl (C=O) groups is 2. The topological polar surface area (TPSA) is 77.1 Å². The van der Waals surface area contributed by atoms with Gasteiger partial charge in [-0.3, -0.25) is 9.59 Å². The molecule has 0 atom stereocenters. The van der Waals surface area contributed by atoms with E-state index in [0.717, 1.165) is 23.4 Å². The van der Waals surface area contributed by atoms with Crippen molar-refractivity contribution >= 4 is 17.5 Å². The lowest BCUT2D eigenvalue weighted by Gasteiger charge is -2.29. The molecule has 0 saturated carbocycles. The molecule has 2 amide bonds. The van der Waals surface area contributed by atoms with E-state index in [2.05, 4.69) is 5.32 Å². The molecule has 0 radical (unpaired) electrons. The molecule has 164 valence electrons. The van der Waals surface area contributed by atoms with Crippen LogP contribution in [-0.4, -0.2) is 43.7 Å². The summed E-state index contributed by atoms with van der Waals surface area (Å²) in [7, 11) is 0. The van der Waals surface area contributed by atoms with Crippen LogP contribution in [0.3, 0.4) is 0 Å². The fourth-order valence-corrected chi connectivity index (χ4v) is 3.92. The van der Waals surface area contributed by atoms with Gasteiger partial charge in [0, 0.05) is 24.8 Å². The predicted octanol–water partition coefficient (Wildman–Crippen LogP) is 3.10. The largest absolute Gasteiger partial charge is 0.490 e. The molecule has 7 heteroatoms. The number of rotatable bonds is 7. The number of anilines is 1. The maximum atomic E-state index is 12.6. The molecule has 2 aliphatic rings.